The van der Waals surface area contributed by atoms with Gasteiger partial charge in [0.2, 0.25) is 17.6 Å². The van der Waals surface area contributed by atoms with E-state index in [1.54, 1.807) is 25.9 Å². The molecule has 37 heavy (non-hydrogen) atoms. The molecule has 0 aromatic heterocycles. The number of nitrogens with one attached hydrogen (secondary N) is 1. The number of phenolic OH excluding ortho intramolecular Hbond substituents is 1. The summed E-state index contributed by atoms with van der Waals surface area (Å²) in [6, 6.07) is 1.38. The molecule has 1 aromatic carbocycles. The van der Waals surface area contributed by atoms with E-state index in [9.17, 15) is 44.7 Å². The van der Waals surface area contributed by atoms with Crippen LogP contribution in [0.15, 0.2) is 11.6 Å². The van der Waals surface area contributed by atoms with E-state index >= 15 is 0 Å². The van der Waals surface area contributed by atoms with Crippen LogP contribution in [0.2, 0.25) is 5.02 Å². The van der Waals surface area contributed by atoms with Crippen molar-refractivity contribution < 1.29 is 44.7 Å². The van der Waals surface area contributed by atoms with Gasteiger partial charge in [-0.1, -0.05) is 18.5 Å². The lowest BCUT2D eigenvalue weighted by molar-refractivity contribution is -0.186. The average molecular weight is 538 g/mol. The van der Waals surface area contributed by atoms with E-state index in [0.29, 0.717) is 0 Å². The number of nitrogens with two attached hydrogens (primary N) is 1. The van der Waals surface area contributed by atoms with E-state index < -0.39 is 88.4 Å². The van der Waals surface area contributed by atoms with Gasteiger partial charge in [-0.05, 0) is 38.1 Å². The molecule has 0 saturated heterocycles. The zero-order valence-corrected chi connectivity index (χ0v) is 21.0. The number of Topliss-reactive ketones (excluding diaryl/α,β-unsaturated/α-hetero) is 2. The Kier molecular flexibility index (Phi) is 6.62. The molecule has 4 rings (SSSR count). The number of aliphatic hydroxyl groups is 4. The highest BCUT2D eigenvalue weighted by molar-refractivity contribution is 6.34. The van der Waals surface area contributed by atoms with Crippen molar-refractivity contribution in [3.63, 3.8) is 0 Å². The van der Waals surface area contributed by atoms with E-state index in [2.05, 4.69) is 5.32 Å². The number of aliphatic hydroxyl groups excluding tert-OH is 3. The summed E-state index contributed by atoms with van der Waals surface area (Å²) in [6.45, 7) is 1.54. The number of fused-ring (bicyclic) bond motifs is 3. The first kappa shape index (κ1) is 27.0. The van der Waals surface area contributed by atoms with Gasteiger partial charge < -0.3 is 41.5 Å². The first-order chi connectivity index (χ1) is 17.1. The lowest BCUT2D eigenvalue weighted by Crippen LogP contribution is -2.70. The summed E-state index contributed by atoms with van der Waals surface area (Å²) in [4.78, 5) is 52.5. The number of halogens is 1. The van der Waals surface area contributed by atoms with Crippen molar-refractivity contribution in [2.24, 2.45) is 23.5 Å². The Bertz CT molecular complexity index is 1260. The molecule has 13 heteroatoms. The highest BCUT2D eigenvalue weighted by Gasteiger charge is 2.67. The number of benzene rings is 1. The minimum Gasteiger partial charge on any atom is -0.507 e. The van der Waals surface area contributed by atoms with E-state index in [0.717, 1.165) is 0 Å². The quantitative estimate of drug-likeness (QED) is 0.189. The van der Waals surface area contributed by atoms with Gasteiger partial charge in [0.15, 0.2) is 17.1 Å². The van der Waals surface area contributed by atoms with Crippen LogP contribution in [0.1, 0.15) is 30.4 Å². The zero-order valence-electron chi connectivity index (χ0n) is 20.2. The second-order valence-corrected chi connectivity index (χ2v) is 10.6. The fraction of sp³-hybridized carbons (Fsp3) is 0.500. The summed E-state index contributed by atoms with van der Waals surface area (Å²) in [5.41, 5.74) is 1.51. The molecule has 2 fully saturated rings. The molecule has 3 aliphatic carbocycles. The van der Waals surface area contributed by atoms with Gasteiger partial charge in [0.05, 0.1) is 29.3 Å². The van der Waals surface area contributed by atoms with E-state index in [1.165, 1.54) is 6.07 Å². The molecule has 8 N–H and O–H groups in total. The van der Waals surface area contributed by atoms with Crippen LogP contribution in [0.3, 0.4) is 0 Å². The Labute approximate surface area is 216 Å². The predicted molar refractivity (Wildman–Crippen MR) is 130 cm³/mol. The number of aromatic hydroxyl groups is 1. The predicted octanol–water partition coefficient (Wildman–Crippen LogP) is -0.726. The van der Waals surface area contributed by atoms with E-state index in [1.807, 2.05) is 0 Å². The third-order valence-corrected chi connectivity index (χ3v) is 7.91. The van der Waals surface area contributed by atoms with Crippen LogP contribution in [-0.2, 0) is 19.2 Å². The number of nitrogens with zero attached hydrogens (tertiary/aromatic N) is 1. The standard InChI is InChI=1S/C24H28ClN3O9/c1-7-8-4-10(25)17(27-12(30)6-28(2)3)20(33)14(8)19(32)16-13(7)18(31)9-5-11(29)15(23(26)36)21(34)24(9,37)22(16)35/h4,7,9,11,13,15,18,29,31-33,37H,5-6H2,1-3H3,(H2,26,36)(H,27,30)/t7-,9+,11?,13+,15?,18+,24+/m0/s1. The van der Waals surface area contributed by atoms with E-state index in [-0.39, 0.29) is 28.4 Å². The molecule has 0 bridgehead atoms. The van der Waals surface area contributed by atoms with Gasteiger partial charge in [-0.3, -0.25) is 19.2 Å². The molecular weight excluding hydrogens is 510 g/mol. The lowest BCUT2D eigenvalue weighted by atomic mass is 9.53. The number of carbonyl (C=O) groups excluding carboxylic acids is 4. The van der Waals surface area contributed by atoms with Crippen molar-refractivity contribution in [2.45, 2.75) is 37.1 Å². The molecule has 0 radical (unpaired) electrons. The number of carbonyl (C=O) groups is 4. The number of amides is 2. The largest absolute Gasteiger partial charge is 0.507 e. The minimum atomic E-state index is -2.94. The Hall–Kier alpha value is -3.03. The maximum Gasteiger partial charge on any atom is 0.238 e. The molecule has 2 unspecified atom stereocenters. The number of hydrogen-bond acceptors (Lipinski definition) is 10. The summed E-state index contributed by atoms with van der Waals surface area (Å²) in [5.74, 6) is -11.2. The third kappa shape index (κ3) is 3.82. The molecule has 2 saturated carbocycles. The second kappa shape index (κ2) is 9.07. The normalized spacial score (nSPS) is 33.1. The summed E-state index contributed by atoms with van der Waals surface area (Å²) < 4.78 is 0. The smallest absolute Gasteiger partial charge is 0.238 e. The molecule has 3 aliphatic rings. The number of rotatable bonds is 4. The first-order valence-electron chi connectivity index (χ1n) is 11.5. The number of ketones is 2. The zero-order chi connectivity index (χ0) is 27.7. The Balaban J connectivity index is 1.89. The van der Waals surface area contributed by atoms with Crippen LogP contribution in [0, 0.1) is 17.8 Å². The molecule has 200 valence electrons. The maximum atomic E-state index is 13.7. The number of anilines is 1. The van der Waals surface area contributed by atoms with Gasteiger partial charge in [0.25, 0.3) is 0 Å². The van der Waals surface area contributed by atoms with Crippen molar-refractivity contribution in [3.05, 3.63) is 27.8 Å². The van der Waals surface area contributed by atoms with Crippen LogP contribution in [-0.4, -0.2) is 92.3 Å². The van der Waals surface area contributed by atoms with Gasteiger partial charge in [0.1, 0.15) is 17.4 Å². The van der Waals surface area contributed by atoms with Crippen molar-refractivity contribution in [2.75, 3.05) is 26.0 Å². The van der Waals surface area contributed by atoms with Crippen molar-refractivity contribution in [3.8, 4) is 5.75 Å². The monoisotopic (exact) mass is 537 g/mol. The summed E-state index contributed by atoms with van der Waals surface area (Å²) >= 11 is 6.34. The van der Waals surface area contributed by atoms with Gasteiger partial charge in [-0.15, -0.1) is 0 Å². The van der Waals surface area contributed by atoms with Gasteiger partial charge >= 0.3 is 0 Å². The maximum absolute atomic E-state index is 13.7. The highest BCUT2D eigenvalue weighted by atomic mass is 35.5. The Morgan fingerprint density at radius 2 is 1.86 bits per heavy atom. The molecule has 0 aliphatic heterocycles. The molecule has 7 atom stereocenters. The fourth-order valence-electron chi connectivity index (χ4n) is 5.91. The van der Waals surface area contributed by atoms with Crippen LogP contribution in [0.5, 0.6) is 5.75 Å². The molecule has 12 nitrogen and oxygen atoms in total. The minimum absolute atomic E-state index is 0.0491. The van der Waals surface area contributed by atoms with Gasteiger partial charge in [0, 0.05) is 17.4 Å². The number of likely N-dealkylation sites (N-methyl/N-ethyl adjacent to an activating group) is 1. The fourth-order valence-corrected chi connectivity index (χ4v) is 6.17. The van der Waals surface area contributed by atoms with Crippen LogP contribution < -0.4 is 11.1 Å². The SMILES string of the molecule is C[C@H]1c2cc(Cl)c(NC(=O)CN(C)C)c(O)c2C(O)=C2C(=O)[C@]3(O)C(=O)C(C(N)=O)C(O)C[C@@H]3[C@@H](O)[C@@H]21. The number of phenols is 1. The average Bonchev–Trinajstić information content (AvgIpc) is 2.78. The van der Waals surface area contributed by atoms with Crippen LogP contribution in [0.4, 0.5) is 5.69 Å². The van der Waals surface area contributed by atoms with Gasteiger partial charge in [-0.2, -0.15) is 0 Å². The Morgan fingerprint density at radius 3 is 2.43 bits per heavy atom. The third-order valence-electron chi connectivity index (χ3n) is 7.61. The lowest BCUT2D eigenvalue weighted by Gasteiger charge is -2.52. The van der Waals surface area contributed by atoms with Crippen LogP contribution in [0.25, 0.3) is 5.76 Å². The van der Waals surface area contributed by atoms with Crippen molar-refractivity contribution in [1.82, 2.24) is 4.90 Å². The molecule has 2 amide bonds. The van der Waals surface area contributed by atoms with E-state index in [4.69, 9.17) is 17.3 Å². The van der Waals surface area contributed by atoms with Crippen molar-refractivity contribution >= 4 is 46.4 Å². The first-order valence-corrected chi connectivity index (χ1v) is 11.9. The molecule has 1 aromatic rings. The van der Waals surface area contributed by atoms with Gasteiger partial charge in [-0.25, -0.2) is 0 Å². The number of hydrogen-bond donors (Lipinski definition) is 7. The Morgan fingerprint density at radius 1 is 1.24 bits per heavy atom. The van der Waals surface area contributed by atoms with Crippen LogP contribution >= 0.6 is 11.6 Å². The summed E-state index contributed by atoms with van der Waals surface area (Å²) in [6.07, 6.45) is -3.72. The molecule has 0 spiro atoms. The molecule has 0 heterocycles. The topological polar surface area (TPSA) is 211 Å². The number of primary amides is 1. The van der Waals surface area contributed by atoms with Crippen molar-refractivity contribution in [1.29, 1.82) is 0 Å². The highest BCUT2D eigenvalue weighted by Crippen LogP contribution is 2.56. The summed E-state index contributed by atoms with van der Waals surface area (Å²) in [5, 5.41) is 57.6. The molecular formula is C24H28ClN3O9. The summed E-state index contributed by atoms with van der Waals surface area (Å²) in [7, 11) is 3.30. The second-order valence-electron chi connectivity index (χ2n) is 10.1.